The highest BCUT2D eigenvalue weighted by Crippen LogP contribution is 2.44. The zero-order chi connectivity index (χ0) is 23.8. The van der Waals surface area contributed by atoms with Gasteiger partial charge in [-0.1, -0.05) is 12.8 Å². The van der Waals surface area contributed by atoms with Crippen LogP contribution in [0.4, 0.5) is 5.82 Å². The number of hydrogen-bond donors (Lipinski definition) is 6. The van der Waals surface area contributed by atoms with E-state index in [0.29, 0.717) is 17.0 Å². The third-order valence-electron chi connectivity index (χ3n) is 5.91. The van der Waals surface area contributed by atoms with Crippen molar-refractivity contribution in [3.63, 3.8) is 0 Å². The molecule has 0 aromatic carbocycles. The van der Waals surface area contributed by atoms with Crippen LogP contribution >= 0.6 is 19.2 Å². The molecule has 0 amide bonds. The molecular weight excluding hydrogens is 481 g/mol. The average molecular weight is 508 g/mol. The minimum atomic E-state index is -4.64. The molecule has 184 valence electrons. The molecule has 0 bridgehead atoms. The number of aromatic nitrogens is 4. The molecule has 33 heavy (non-hydrogen) atoms. The number of imidazole rings is 1. The molecule has 1 unspecified atom stereocenters. The maximum Gasteiger partial charge on any atom is 0.354 e. The standard InChI is InChI=1S/C18H27ClN5O8P/c19-18-22-15(21-9-3-1-2-4-9)12-16(23-18)24(8-20-12)17-14(27)13(26)10(32-17)7-31-11(5-6-25)33(28,29)30/h8-11,13-14,17,25-27H,1-7H2,(H,21,22,23)(H2,28,29,30)/t10-,11?,13-,14-,17-/m1/s1. The number of fused-ring (bicyclic) bond motifs is 1. The molecule has 1 aliphatic carbocycles. The van der Waals surface area contributed by atoms with Gasteiger partial charge in [-0.15, -0.1) is 0 Å². The van der Waals surface area contributed by atoms with E-state index in [4.69, 9.17) is 26.2 Å². The van der Waals surface area contributed by atoms with E-state index < -0.39 is 51.2 Å². The first kappa shape index (κ1) is 24.7. The van der Waals surface area contributed by atoms with Crippen molar-refractivity contribution in [3.05, 3.63) is 11.6 Å². The lowest BCUT2D eigenvalue weighted by Gasteiger charge is -2.21. The van der Waals surface area contributed by atoms with E-state index in [1.807, 2.05) is 0 Å². The van der Waals surface area contributed by atoms with Crippen molar-refractivity contribution >= 4 is 36.2 Å². The average Bonchev–Trinajstić information content (AvgIpc) is 3.46. The van der Waals surface area contributed by atoms with Crippen molar-refractivity contribution < 1.29 is 39.1 Å². The summed E-state index contributed by atoms with van der Waals surface area (Å²) in [5.74, 6) is -1.09. The molecule has 2 aromatic rings. The van der Waals surface area contributed by atoms with Gasteiger partial charge in [-0.2, -0.15) is 9.97 Å². The van der Waals surface area contributed by atoms with E-state index >= 15 is 0 Å². The van der Waals surface area contributed by atoms with Crippen LogP contribution in [0.5, 0.6) is 0 Å². The Labute approximate surface area is 193 Å². The Hall–Kier alpha value is -1.41. The highest BCUT2D eigenvalue weighted by atomic mass is 35.5. The first-order valence-corrected chi connectivity index (χ1v) is 12.7. The largest absolute Gasteiger partial charge is 0.396 e. The summed E-state index contributed by atoms with van der Waals surface area (Å²) >= 11 is 6.13. The van der Waals surface area contributed by atoms with Crippen molar-refractivity contribution in [2.24, 2.45) is 0 Å². The van der Waals surface area contributed by atoms with E-state index in [-0.39, 0.29) is 17.7 Å². The first-order chi connectivity index (χ1) is 15.7. The molecule has 2 aromatic heterocycles. The number of aliphatic hydroxyl groups excluding tert-OH is 3. The Morgan fingerprint density at radius 1 is 1.27 bits per heavy atom. The molecule has 3 heterocycles. The van der Waals surface area contributed by atoms with Crippen LogP contribution in [-0.4, -0.2) is 88.0 Å². The van der Waals surface area contributed by atoms with E-state index in [9.17, 15) is 24.6 Å². The van der Waals surface area contributed by atoms with Gasteiger partial charge in [0.05, 0.1) is 12.9 Å². The Morgan fingerprint density at radius 2 is 2.00 bits per heavy atom. The molecule has 1 saturated heterocycles. The Bertz CT molecular complexity index is 1020. The summed E-state index contributed by atoms with van der Waals surface area (Å²) in [4.78, 5) is 31.5. The molecule has 2 aliphatic rings. The van der Waals surface area contributed by atoms with Crippen molar-refractivity contribution in [1.29, 1.82) is 0 Å². The summed E-state index contributed by atoms with van der Waals surface area (Å²) in [5, 5.41) is 33.4. The Balaban J connectivity index is 1.53. The van der Waals surface area contributed by atoms with Crippen LogP contribution in [0.1, 0.15) is 38.3 Å². The molecular formula is C18H27ClN5O8P. The minimum absolute atomic E-state index is 0.0221. The SMILES string of the molecule is O=P(O)(O)C(CCO)OC[C@H]1O[C@@H](n2cnc3c(NC4CCCC4)nc(Cl)nc32)[C@H](O)[C@@H]1O. The van der Waals surface area contributed by atoms with Crippen molar-refractivity contribution in [1.82, 2.24) is 19.5 Å². The van der Waals surface area contributed by atoms with Crippen LogP contribution in [-0.2, 0) is 14.0 Å². The topological polar surface area (TPSA) is 192 Å². The molecule has 15 heteroatoms. The number of nitrogens with zero attached hydrogens (tertiary/aromatic N) is 4. The maximum absolute atomic E-state index is 11.5. The quantitative estimate of drug-likeness (QED) is 0.202. The lowest BCUT2D eigenvalue weighted by atomic mass is 10.1. The number of aliphatic hydroxyl groups is 3. The van der Waals surface area contributed by atoms with Gasteiger partial charge < -0.3 is 39.9 Å². The molecule has 4 rings (SSSR count). The zero-order valence-electron chi connectivity index (χ0n) is 17.6. The number of nitrogens with one attached hydrogen (secondary N) is 1. The Morgan fingerprint density at radius 3 is 2.67 bits per heavy atom. The first-order valence-electron chi connectivity index (χ1n) is 10.6. The molecule has 6 N–H and O–H groups in total. The molecule has 5 atom stereocenters. The minimum Gasteiger partial charge on any atom is -0.396 e. The second-order valence-corrected chi connectivity index (χ2v) is 10.3. The third-order valence-corrected chi connectivity index (χ3v) is 7.23. The van der Waals surface area contributed by atoms with Gasteiger partial charge in [0.2, 0.25) is 5.28 Å². The third kappa shape index (κ3) is 5.31. The molecule has 2 fully saturated rings. The van der Waals surface area contributed by atoms with Gasteiger partial charge in [0, 0.05) is 19.1 Å². The van der Waals surface area contributed by atoms with Crippen LogP contribution < -0.4 is 5.32 Å². The number of halogens is 1. The van der Waals surface area contributed by atoms with Gasteiger partial charge in [0.1, 0.15) is 18.3 Å². The van der Waals surface area contributed by atoms with Crippen molar-refractivity contribution in [2.75, 3.05) is 18.5 Å². The molecule has 1 aliphatic heterocycles. The molecule has 1 saturated carbocycles. The second-order valence-electron chi connectivity index (χ2n) is 8.23. The number of ether oxygens (including phenoxy) is 2. The Kier molecular flexibility index (Phi) is 7.53. The van der Waals surface area contributed by atoms with Gasteiger partial charge in [-0.3, -0.25) is 9.13 Å². The summed E-state index contributed by atoms with van der Waals surface area (Å²) < 4.78 is 23.9. The van der Waals surface area contributed by atoms with Gasteiger partial charge >= 0.3 is 7.60 Å². The number of rotatable bonds is 9. The van der Waals surface area contributed by atoms with Gasteiger partial charge in [-0.25, -0.2) is 4.98 Å². The predicted octanol–water partition coefficient (Wildman–Crippen LogP) is 0.356. The van der Waals surface area contributed by atoms with Crippen LogP contribution in [0, 0.1) is 0 Å². The smallest absolute Gasteiger partial charge is 0.354 e. The maximum atomic E-state index is 11.5. The fourth-order valence-electron chi connectivity index (χ4n) is 4.20. The number of anilines is 1. The summed E-state index contributed by atoms with van der Waals surface area (Å²) in [7, 11) is -4.64. The highest BCUT2D eigenvalue weighted by Gasteiger charge is 2.45. The number of hydrogen-bond acceptors (Lipinski definition) is 10. The van der Waals surface area contributed by atoms with Crippen LogP contribution in [0.25, 0.3) is 11.2 Å². The molecule has 13 nitrogen and oxygen atoms in total. The lowest BCUT2D eigenvalue weighted by Crippen LogP contribution is -2.35. The zero-order valence-corrected chi connectivity index (χ0v) is 19.2. The van der Waals surface area contributed by atoms with Crippen LogP contribution in [0.15, 0.2) is 6.33 Å². The van der Waals surface area contributed by atoms with Crippen molar-refractivity contribution in [2.45, 2.75) is 68.5 Å². The normalized spacial score (nSPS) is 27.5. The monoisotopic (exact) mass is 507 g/mol. The lowest BCUT2D eigenvalue weighted by molar-refractivity contribution is -0.0742. The van der Waals surface area contributed by atoms with E-state index in [2.05, 4.69) is 20.3 Å². The van der Waals surface area contributed by atoms with E-state index in [1.165, 1.54) is 10.9 Å². The fourth-order valence-corrected chi connectivity index (χ4v) is 5.10. The summed E-state index contributed by atoms with van der Waals surface area (Å²) in [6.45, 7) is -0.908. The van der Waals surface area contributed by atoms with E-state index in [1.54, 1.807) is 0 Å². The summed E-state index contributed by atoms with van der Waals surface area (Å²) in [6, 6.07) is 0.252. The molecule has 0 spiro atoms. The molecule has 0 radical (unpaired) electrons. The van der Waals surface area contributed by atoms with Crippen LogP contribution in [0.3, 0.4) is 0 Å². The van der Waals surface area contributed by atoms with Crippen molar-refractivity contribution in [3.8, 4) is 0 Å². The summed E-state index contributed by atoms with van der Waals surface area (Å²) in [5.41, 5.74) is 0.725. The summed E-state index contributed by atoms with van der Waals surface area (Å²) in [6.07, 6.45) is 0.356. The van der Waals surface area contributed by atoms with Crippen LogP contribution in [0.2, 0.25) is 5.28 Å². The van der Waals surface area contributed by atoms with Gasteiger partial charge in [0.25, 0.3) is 0 Å². The van der Waals surface area contributed by atoms with E-state index in [0.717, 1.165) is 25.7 Å². The highest BCUT2D eigenvalue weighted by molar-refractivity contribution is 7.52. The van der Waals surface area contributed by atoms with Gasteiger partial charge in [0.15, 0.2) is 29.1 Å². The fraction of sp³-hybridized carbons (Fsp3) is 0.722. The van der Waals surface area contributed by atoms with Gasteiger partial charge in [-0.05, 0) is 24.4 Å². The second kappa shape index (κ2) is 10.1. The predicted molar refractivity (Wildman–Crippen MR) is 116 cm³/mol.